The number of ether oxygens (including phenoxy) is 2. The van der Waals surface area contributed by atoms with Gasteiger partial charge in [-0.3, -0.25) is 9.59 Å². The first-order valence-electron chi connectivity index (χ1n) is 9.41. The van der Waals surface area contributed by atoms with Gasteiger partial charge in [-0.1, -0.05) is 19.1 Å². The van der Waals surface area contributed by atoms with E-state index >= 15 is 0 Å². The number of hydrogen-bond acceptors (Lipinski definition) is 7. The van der Waals surface area contributed by atoms with E-state index in [4.69, 9.17) is 9.47 Å². The summed E-state index contributed by atoms with van der Waals surface area (Å²) in [5.41, 5.74) is -0.813. The van der Waals surface area contributed by atoms with Gasteiger partial charge in [-0.2, -0.15) is 0 Å². The maximum atomic E-state index is 13.2. The lowest BCUT2D eigenvalue weighted by Gasteiger charge is -2.65. The molecule has 27 heavy (non-hydrogen) atoms. The molecule has 2 saturated carbocycles. The van der Waals surface area contributed by atoms with E-state index in [2.05, 4.69) is 6.58 Å². The minimum atomic E-state index is -2.00. The van der Waals surface area contributed by atoms with Crippen LogP contribution in [0.3, 0.4) is 0 Å². The summed E-state index contributed by atoms with van der Waals surface area (Å²) in [6.45, 7) is 7.61. The van der Waals surface area contributed by atoms with E-state index in [0.717, 1.165) is 5.57 Å². The molecule has 2 aliphatic heterocycles. The van der Waals surface area contributed by atoms with Crippen LogP contribution in [0.15, 0.2) is 23.8 Å². The number of ketones is 1. The van der Waals surface area contributed by atoms with Crippen molar-refractivity contribution in [1.29, 1.82) is 0 Å². The predicted molar refractivity (Wildman–Crippen MR) is 90.9 cm³/mol. The van der Waals surface area contributed by atoms with Crippen LogP contribution in [0, 0.1) is 28.6 Å². The van der Waals surface area contributed by atoms with Crippen LogP contribution in [0.5, 0.6) is 0 Å². The fourth-order valence-corrected chi connectivity index (χ4v) is 7.09. The molecule has 2 bridgehead atoms. The summed E-state index contributed by atoms with van der Waals surface area (Å²) >= 11 is 0. The number of fused-ring (bicyclic) bond motifs is 1. The average molecular weight is 376 g/mol. The summed E-state index contributed by atoms with van der Waals surface area (Å²) < 4.78 is 11.5. The Labute approximate surface area is 156 Å². The normalized spacial score (nSPS) is 56.2. The molecule has 5 aliphatic rings. The standard InChI is InChI=1S/C20H24O7/c1-8-4-12(21)16(24)18(3)10(8)5-13-19-7-26-20(25,17(18)19)15(23)9(2)11(19)6-14(22)27-13/h4,10-13,15,17,21,23,25H,2,5-7H2,1,3H3. The van der Waals surface area contributed by atoms with Gasteiger partial charge in [0.15, 0.2) is 5.78 Å². The molecule has 5 rings (SSSR count). The third-order valence-corrected chi connectivity index (χ3v) is 8.13. The molecule has 9 atom stereocenters. The Bertz CT molecular complexity index is 817. The molecular weight excluding hydrogens is 352 g/mol. The molecule has 0 radical (unpaired) electrons. The van der Waals surface area contributed by atoms with Gasteiger partial charge in [0, 0.05) is 22.7 Å². The topological polar surface area (TPSA) is 113 Å². The Morgan fingerprint density at radius 3 is 2.67 bits per heavy atom. The highest BCUT2D eigenvalue weighted by Gasteiger charge is 2.81. The van der Waals surface area contributed by atoms with E-state index in [1.807, 2.05) is 6.92 Å². The molecule has 0 aromatic rings. The van der Waals surface area contributed by atoms with Crippen LogP contribution >= 0.6 is 0 Å². The minimum Gasteiger partial charge on any atom is -0.462 e. The second kappa shape index (κ2) is 4.89. The van der Waals surface area contributed by atoms with Gasteiger partial charge in [-0.25, -0.2) is 0 Å². The fourth-order valence-electron chi connectivity index (χ4n) is 7.09. The van der Waals surface area contributed by atoms with Crippen molar-refractivity contribution >= 4 is 11.8 Å². The second-order valence-corrected chi connectivity index (χ2v) is 9.09. The van der Waals surface area contributed by atoms with Gasteiger partial charge in [-0.05, 0) is 30.9 Å². The molecule has 2 saturated heterocycles. The van der Waals surface area contributed by atoms with Crippen LogP contribution in [-0.2, 0) is 19.1 Å². The summed E-state index contributed by atoms with van der Waals surface area (Å²) in [7, 11) is 0. The average Bonchev–Trinajstić information content (AvgIpc) is 2.90. The quantitative estimate of drug-likeness (QED) is 0.405. The number of hydrogen-bond donors (Lipinski definition) is 3. The monoisotopic (exact) mass is 376 g/mol. The number of esters is 1. The van der Waals surface area contributed by atoms with Crippen LogP contribution in [0.2, 0.25) is 0 Å². The highest BCUT2D eigenvalue weighted by atomic mass is 16.6. The van der Waals surface area contributed by atoms with Crippen molar-refractivity contribution in [3.8, 4) is 0 Å². The van der Waals surface area contributed by atoms with E-state index in [1.54, 1.807) is 6.92 Å². The van der Waals surface area contributed by atoms with Crippen LogP contribution < -0.4 is 0 Å². The molecule has 0 aromatic heterocycles. The van der Waals surface area contributed by atoms with Gasteiger partial charge in [0.05, 0.1) is 13.0 Å². The summed E-state index contributed by atoms with van der Waals surface area (Å²) in [5, 5.41) is 32.7. The van der Waals surface area contributed by atoms with Crippen molar-refractivity contribution in [2.45, 2.75) is 50.8 Å². The molecule has 4 fully saturated rings. The summed E-state index contributed by atoms with van der Waals surface area (Å²) in [5.74, 6) is -4.34. The van der Waals surface area contributed by atoms with E-state index in [-0.39, 0.29) is 30.7 Å². The summed E-state index contributed by atoms with van der Waals surface area (Å²) in [6, 6.07) is 0. The number of allylic oxidation sites excluding steroid dienone is 1. The molecule has 7 heteroatoms. The number of aliphatic hydroxyl groups is 3. The lowest BCUT2D eigenvalue weighted by Crippen LogP contribution is -2.74. The number of carbonyl (C=O) groups excluding carboxylic acids is 2. The first kappa shape index (κ1) is 17.6. The second-order valence-electron chi connectivity index (χ2n) is 9.09. The summed E-state index contributed by atoms with van der Waals surface area (Å²) in [4.78, 5) is 25.5. The van der Waals surface area contributed by atoms with Gasteiger partial charge in [0.2, 0.25) is 5.79 Å². The number of rotatable bonds is 0. The van der Waals surface area contributed by atoms with E-state index in [9.17, 15) is 24.9 Å². The van der Waals surface area contributed by atoms with E-state index < -0.39 is 46.8 Å². The highest BCUT2D eigenvalue weighted by molar-refractivity contribution is 5.93. The number of Topliss-reactive ketones (excluding diaryl/α,β-unsaturated/α-hetero) is 1. The SMILES string of the molecule is C=C1C(O)C2(O)OCC34C(CC5C(C)=CC(O)C(=O)C5(C)C23)OC(=O)CC14. The molecule has 1 spiro atoms. The Kier molecular flexibility index (Phi) is 3.18. The number of aliphatic hydroxyl groups excluding tert-OH is 2. The zero-order valence-corrected chi connectivity index (χ0v) is 15.3. The third kappa shape index (κ3) is 1.69. The smallest absolute Gasteiger partial charge is 0.306 e. The van der Waals surface area contributed by atoms with Crippen LogP contribution in [0.4, 0.5) is 0 Å². The van der Waals surface area contributed by atoms with Crippen LogP contribution in [0.25, 0.3) is 0 Å². The van der Waals surface area contributed by atoms with E-state index in [0.29, 0.717) is 12.0 Å². The third-order valence-electron chi connectivity index (χ3n) is 8.13. The lowest BCUT2D eigenvalue weighted by atomic mass is 9.39. The van der Waals surface area contributed by atoms with Gasteiger partial charge in [0.1, 0.15) is 18.3 Å². The van der Waals surface area contributed by atoms with Crippen LogP contribution in [0.1, 0.15) is 26.7 Å². The molecule has 3 aliphatic carbocycles. The van der Waals surface area contributed by atoms with Gasteiger partial charge >= 0.3 is 5.97 Å². The number of carbonyl (C=O) groups is 2. The maximum absolute atomic E-state index is 13.2. The largest absolute Gasteiger partial charge is 0.462 e. The van der Waals surface area contributed by atoms with Crippen molar-refractivity contribution in [3.63, 3.8) is 0 Å². The first-order chi connectivity index (χ1) is 12.6. The van der Waals surface area contributed by atoms with Crippen molar-refractivity contribution in [3.05, 3.63) is 23.8 Å². The Hall–Kier alpha value is -1.54. The molecule has 3 N–H and O–H groups in total. The highest BCUT2D eigenvalue weighted by Crippen LogP contribution is 2.72. The Morgan fingerprint density at radius 1 is 1.26 bits per heavy atom. The molecular formula is C20H24O7. The van der Waals surface area contributed by atoms with Gasteiger partial charge < -0.3 is 24.8 Å². The van der Waals surface area contributed by atoms with E-state index in [1.165, 1.54) is 6.08 Å². The Balaban J connectivity index is 1.79. The molecule has 2 heterocycles. The lowest BCUT2D eigenvalue weighted by molar-refractivity contribution is -0.291. The fraction of sp³-hybridized carbons (Fsp3) is 0.700. The van der Waals surface area contributed by atoms with Gasteiger partial charge in [0.25, 0.3) is 0 Å². The van der Waals surface area contributed by atoms with Crippen molar-refractivity contribution in [1.82, 2.24) is 0 Å². The maximum Gasteiger partial charge on any atom is 0.306 e. The molecule has 146 valence electrons. The zero-order chi connectivity index (χ0) is 19.5. The van der Waals surface area contributed by atoms with Crippen molar-refractivity contribution in [2.24, 2.45) is 28.6 Å². The molecule has 0 aromatic carbocycles. The summed E-state index contributed by atoms with van der Waals surface area (Å²) in [6.07, 6.45) is -1.25. The zero-order valence-electron chi connectivity index (χ0n) is 15.3. The molecule has 7 nitrogen and oxygen atoms in total. The minimum absolute atomic E-state index is 0.0364. The van der Waals surface area contributed by atoms with Crippen molar-refractivity contribution < 1.29 is 34.4 Å². The first-order valence-corrected chi connectivity index (χ1v) is 9.41. The molecule has 9 unspecified atom stereocenters. The molecule has 0 amide bonds. The predicted octanol–water partition coefficient (Wildman–Crippen LogP) is 0.0863. The van der Waals surface area contributed by atoms with Crippen LogP contribution in [-0.4, -0.2) is 57.8 Å². The Morgan fingerprint density at radius 2 is 1.96 bits per heavy atom. The van der Waals surface area contributed by atoms with Crippen molar-refractivity contribution in [2.75, 3.05) is 6.61 Å². The van der Waals surface area contributed by atoms with Gasteiger partial charge in [-0.15, -0.1) is 0 Å².